The molecule has 4 rings (SSSR count). The molecule has 1 aliphatic heterocycles. The van der Waals surface area contributed by atoms with E-state index in [1.807, 2.05) is 54.9 Å². The van der Waals surface area contributed by atoms with Crippen LogP contribution in [0.5, 0.6) is 11.5 Å². The molecule has 8 nitrogen and oxygen atoms in total. The average molecular weight is 474 g/mol. The lowest BCUT2D eigenvalue weighted by molar-refractivity contribution is -0.116. The monoisotopic (exact) mass is 473 g/mol. The summed E-state index contributed by atoms with van der Waals surface area (Å²) >= 11 is 7.75. The van der Waals surface area contributed by atoms with Gasteiger partial charge in [-0.25, -0.2) is 4.68 Å². The molecule has 2 aromatic carbocycles. The zero-order valence-electron chi connectivity index (χ0n) is 18.0. The number of nitrogens with zero attached hydrogens (tertiary/aromatic N) is 3. The molecule has 2 atom stereocenters. The van der Waals surface area contributed by atoms with Gasteiger partial charge in [-0.15, -0.1) is 10.2 Å². The van der Waals surface area contributed by atoms with E-state index in [-0.39, 0.29) is 11.9 Å². The van der Waals surface area contributed by atoms with Crippen molar-refractivity contribution >= 4 is 35.0 Å². The summed E-state index contributed by atoms with van der Waals surface area (Å²) in [5.74, 6) is 1.97. The van der Waals surface area contributed by atoms with E-state index in [4.69, 9.17) is 21.1 Å². The molecule has 2 heterocycles. The van der Waals surface area contributed by atoms with Crippen LogP contribution in [0.4, 0.5) is 5.69 Å². The van der Waals surface area contributed by atoms with Gasteiger partial charge < -0.3 is 20.2 Å². The number of fused-ring (bicyclic) bond motifs is 1. The molecular formula is C22H24ClN5O3S. The second-order valence-corrected chi connectivity index (χ2v) is 8.59. The third kappa shape index (κ3) is 4.49. The van der Waals surface area contributed by atoms with Gasteiger partial charge >= 0.3 is 0 Å². The number of hydrogen-bond acceptors (Lipinski definition) is 7. The van der Waals surface area contributed by atoms with Crippen LogP contribution in [0.1, 0.15) is 31.3 Å². The third-order valence-corrected chi connectivity index (χ3v) is 6.56. The maximum atomic E-state index is 13.3. The number of ether oxygens (including phenoxy) is 2. The van der Waals surface area contributed by atoms with E-state index in [2.05, 4.69) is 20.9 Å². The number of carbonyl (C=O) groups is 1. The van der Waals surface area contributed by atoms with Gasteiger partial charge in [0.25, 0.3) is 0 Å². The molecule has 0 aliphatic carbocycles. The lowest BCUT2D eigenvalue weighted by atomic mass is 10.0. The SMILES string of the molecule is CCOc1ccc(NC(=O)[C@@H]2Sc3nnc(CC)n3N[C@@H]2c2ccc(OC)c(Cl)c2)cc1. The average Bonchev–Trinajstić information content (AvgIpc) is 3.21. The van der Waals surface area contributed by atoms with Crippen LogP contribution in [0.25, 0.3) is 0 Å². The molecule has 1 amide bonds. The number of benzene rings is 2. The Balaban J connectivity index is 1.63. The highest BCUT2D eigenvalue weighted by molar-refractivity contribution is 8.00. The van der Waals surface area contributed by atoms with Gasteiger partial charge in [0.2, 0.25) is 11.1 Å². The Morgan fingerprint density at radius 1 is 1.22 bits per heavy atom. The summed E-state index contributed by atoms with van der Waals surface area (Å²) in [6.45, 7) is 4.52. The second kappa shape index (κ2) is 9.70. The van der Waals surface area contributed by atoms with E-state index in [0.29, 0.717) is 34.6 Å². The van der Waals surface area contributed by atoms with E-state index >= 15 is 0 Å². The number of anilines is 1. The van der Waals surface area contributed by atoms with Gasteiger partial charge in [0, 0.05) is 12.1 Å². The van der Waals surface area contributed by atoms with Crippen molar-refractivity contribution in [2.24, 2.45) is 0 Å². The van der Waals surface area contributed by atoms with Crippen LogP contribution in [0.15, 0.2) is 47.6 Å². The first-order valence-electron chi connectivity index (χ1n) is 10.3. The highest BCUT2D eigenvalue weighted by Crippen LogP contribution is 2.39. The molecule has 168 valence electrons. The Hall–Kier alpha value is -2.91. The molecule has 0 saturated heterocycles. The number of amides is 1. The Bertz CT molecular complexity index is 1110. The number of nitrogens with one attached hydrogen (secondary N) is 2. The van der Waals surface area contributed by atoms with E-state index in [9.17, 15) is 4.79 Å². The fraction of sp³-hybridized carbons (Fsp3) is 0.318. The molecule has 3 aromatic rings. The lowest BCUT2D eigenvalue weighted by Crippen LogP contribution is -2.41. The van der Waals surface area contributed by atoms with Crippen molar-refractivity contribution in [2.75, 3.05) is 24.5 Å². The molecule has 0 saturated carbocycles. The number of carbonyl (C=O) groups excluding carboxylic acids is 1. The minimum absolute atomic E-state index is 0.157. The van der Waals surface area contributed by atoms with Crippen LogP contribution in [-0.4, -0.2) is 39.7 Å². The first kappa shape index (κ1) is 22.3. The van der Waals surface area contributed by atoms with Crippen LogP contribution in [0.3, 0.4) is 0 Å². The fourth-order valence-electron chi connectivity index (χ4n) is 3.47. The van der Waals surface area contributed by atoms with Crippen molar-refractivity contribution in [3.05, 3.63) is 58.9 Å². The van der Waals surface area contributed by atoms with Crippen LogP contribution in [0, 0.1) is 0 Å². The van der Waals surface area contributed by atoms with E-state index in [0.717, 1.165) is 17.1 Å². The van der Waals surface area contributed by atoms with Gasteiger partial charge in [-0.1, -0.05) is 36.4 Å². The molecule has 10 heteroatoms. The highest BCUT2D eigenvalue weighted by atomic mass is 35.5. The van der Waals surface area contributed by atoms with Gasteiger partial charge in [-0.3, -0.25) is 4.79 Å². The predicted molar refractivity (Wildman–Crippen MR) is 125 cm³/mol. The highest BCUT2D eigenvalue weighted by Gasteiger charge is 2.38. The standard InChI is InChI=1S/C22H24ClN5O3S/c1-4-18-25-26-22-28(18)27-19(13-6-11-17(30-3)16(23)12-13)20(32-22)21(29)24-14-7-9-15(10-8-14)31-5-2/h6-12,19-20,27H,4-5H2,1-3H3,(H,24,29)/t19-,20-/m1/s1. The molecular weight excluding hydrogens is 450 g/mol. The van der Waals surface area contributed by atoms with E-state index in [1.54, 1.807) is 13.2 Å². The molecule has 0 unspecified atom stereocenters. The summed E-state index contributed by atoms with van der Waals surface area (Å²) < 4.78 is 12.6. The first-order chi connectivity index (χ1) is 15.5. The van der Waals surface area contributed by atoms with Gasteiger partial charge in [-0.2, -0.15) is 0 Å². The maximum absolute atomic E-state index is 13.3. The second-order valence-electron chi connectivity index (χ2n) is 7.07. The smallest absolute Gasteiger partial charge is 0.240 e. The Morgan fingerprint density at radius 2 is 2.00 bits per heavy atom. The number of methoxy groups -OCH3 is 1. The van der Waals surface area contributed by atoms with Gasteiger partial charge in [0.1, 0.15) is 16.7 Å². The molecule has 0 bridgehead atoms. The van der Waals surface area contributed by atoms with Crippen molar-refractivity contribution in [2.45, 2.75) is 36.7 Å². The largest absolute Gasteiger partial charge is 0.495 e. The van der Waals surface area contributed by atoms with Gasteiger partial charge in [-0.05, 0) is 48.9 Å². The number of aromatic nitrogens is 3. The number of rotatable bonds is 7. The molecule has 0 spiro atoms. The van der Waals surface area contributed by atoms with Crippen molar-refractivity contribution < 1.29 is 14.3 Å². The van der Waals surface area contributed by atoms with Crippen LogP contribution in [0.2, 0.25) is 5.02 Å². The molecule has 0 radical (unpaired) electrons. The van der Waals surface area contributed by atoms with E-state index < -0.39 is 5.25 Å². The van der Waals surface area contributed by atoms with Crippen molar-refractivity contribution in [1.82, 2.24) is 14.9 Å². The normalized spacial score (nSPS) is 17.2. The molecule has 1 aromatic heterocycles. The third-order valence-electron chi connectivity index (χ3n) is 5.05. The minimum Gasteiger partial charge on any atom is -0.495 e. The first-order valence-corrected chi connectivity index (χ1v) is 11.5. The summed E-state index contributed by atoms with van der Waals surface area (Å²) in [5, 5.41) is 12.1. The van der Waals surface area contributed by atoms with E-state index in [1.165, 1.54) is 11.8 Å². The number of thioether (sulfide) groups is 1. The molecule has 0 fully saturated rings. The van der Waals surface area contributed by atoms with Crippen molar-refractivity contribution in [1.29, 1.82) is 0 Å². The summed E-state index contributed by atoms with van der Waals surface area (Å²) in [4.78, 5) is 13.3. The Morgan fingerprint density at radius 3 is 2.66 bits per heavy atom. The minimum atomic E-state index is -0.507. The number of aryl methyl sites for hydroxylation is 1. The zero-order valence-corrected chi connectivity index (χ0v) is 19.5. The summed E-state index contributed by atoms with van der Waals surface area (Å²) in [6.07, 6.45) is 0.708. The predicted octanol–water partition coefficient (Wildman–Crippen LogP) is 4.30. The maximum Gasteiger partial charge on any atom is 0.240 e. The lowest BCUT2D eigenvalue weighted by Gasteiger charge is -2.33. The van der Waals surface area contributed by atoms with Gasteiger partial charge in [0.15, 0.2) is 5.82 Å². The number of halogens is 1. The molecule has 1 aliphatic rings. The van der Waals surface area contributed by atoms with Crippen LogP contribution in [-0.2, 0) is 11.2 Å². The van der Waals surface area contributed by atoms with Crippen LogP contribution < -0.4 is 20.2 Å². The summed E-state index contributed by atoms with van der Waals surface area (Å²) in [5.41, 5.74) is 4.96. The Kier molecular flexibility index (Phi) is 6.76. The quantitative estimate of drug-likeness (QED) is 0.528. The zero-order chi connectivity index (χ0) is 22.7. The molecule has 32 heavy (non-hydrogen) atoms. The van der Waals surface area contributed by atoms with Crippen LogP contribution >= 0.6 is 23.4 Å². The molecule has 2 N–H and O–H groups in total. The summed E-state index contributed by atoms with van der Waals surface area (Å²) in [7, 11) is 1.57. The number of hydrogen-bond donors (Lipinski definition) is 2. The Labute approximate surface area is 195 Å². The van der Waals surface area contributed by atoms with Gasteiger partial charge in [0.05, 0.1) is 24.8 Å². The van der Waals surface area contributed by atoms with Crippen molar-refractivity contribution in [3.8, 4) is 11.5 Å². The van der Waals surface area contributed by atoms with Crippen molar-refractivity contribution in [3.63, 3.8) is 0 Å². The summed E-state index contributed by atoms with van der Waals surface area (Å²) in [6, 6.07) is 12.5. The topological polar surface area (TPSA) is 90.3 Å². The fourth-order valence-corrected chi connectivity index (χ4v) is 4.83.